The molecule has 5 N–H and O–H groups in total. The predicted molar refractivity (Wildman–Crippen MR) is 82.5 cm³/mol. The van der Waals surface area contributed by atoms with Crippen molar-refractivity contribution in [3.63, 3.8) is 0 Å². The zero-order chi connectivity index (χ0) is 14.9. The van der Waals surface area contributed by atoms with Gasteiger partial charge < -0.3 is 16.8 Å². The first-order valence-corrected chi connectivity index (χ1v) is 8.30. The Bertz CT molecular complexity index is 638. The number of carbonyl (C=O) groups is 2. The highest BCUT2D eigenvalue weighted by molar-refractivity contribution is 7.19. The Morgan fingerprint density at radius 2 is 1.86 bits per heavy atom. The summed E-state index contributed by atoms with van der Waals surface area (Å²) in [6.45, 7) is 1.46. The van der Waals surface area contributed by atoms with E-state index in [2.05, 4.69) is 5.32 Å². The molecule has 1 aromatic rings. The Morgan fingerprint density at radius 1 is 1.24 bits per heavy atom. The Hall–Kier alpha value is -1.56. The summed E-state index contributed by atoms with van der Waals surface area (Å²) in [6.07, 6.45) is 4.07. The maximum Gasteiger partial charge on any atom is 0.253 e. The third kappa shape index (κ3) is 1.75. The Kier molecular flexibility index (Phi) is 2.64. The summed E-state index contributed by atoms with van der Waals surface area (Å²) in [7, 11) is 0. The average Bonchev–Trinajstić information content (AvgIpc) is 2.78. The molecule has 0 saturated heterocycles. The van der Waals surface area contributed by atoms with Gasteiger partial charge in [-0.25, -0.2) is 0 Å². The molecular formula is C15H19N3O2S. The lowest BCUT2D eigenvalue weighted by Crippen LogP contribution is -2.18. The van der Waals surface area contributed by atoms with Gasteiger partial charge in [0.1, 0.15) is 5.00 Å². The number of anilines is 2. The molecule has 0 spiro atoms. The van der Waals surface area contributed by atoms with Crippen molar-refractivity contribution in [2.24, 2.45) is 29.4 Å². The van der Waals surface area contributed by atoms with Gasteiger partial charge in [-0.15, -0.1) is 11.3 Å². The predicted octanol–water partition coefficient (Wildman–Crippen LogP) is 2.09. The number of amides is 1. The molecule has 1 heterocycles. The Labute approximate surface area is 127 Å². The Balaban J connectivity index is 1.62. The van der Waals surface area contributed by atoms with Gasteiger partial charge in [-0.05, 0) is 42.9 Å². The van der Waals surface area contributed by atoms with E-state index in [-0.39, 0.29) is 11.5 Å². The molecule has 3 aliphatic carbocycles. The summed E-state index contributed by atoms with van der Waals surface area (Å²) in [6, 6.07) is 0.437. The molecule has 3 saturated carbocycles. The molecule has 0 aliphatic heterocycles. The van der Waals surface area contributed by atoms with E-state index in [9.17, 15) is 9.59 Å². The van der Waals surface area contributed by atoms with Crippen molar-refractivity contribution in [3.05, 3.63) is 10.4 Å². The van der Waals surface area contributed by atoms with E-state index in [0.29, 0.717) is 21.5 Å². The standard InChI is InChI=1S/C15H19N3O2S/c1-5(19)13-11(16)10(14(17)20)15(21-13)18-12-8-6-2-3-7(4-6)9(8)12/h6-9,12,18H,2-4,16H2,1H3,(H2,17,20). The summed E-state index contributed by atoms with van der Waals surface area (Å²) in [4.78, 5) is 23.7. The summed E-state index contributed by atoms with van der Waals surface area (Å²) in [5.41, 5.74) is 11.9. The molecule has 4 atom stereocenters. The van der Waals surface area contributed by atoms with Gasteiger partial charge >= 0.3 is 0 Å². The Morgan fingerprint density at radius 3 is 2.38 bits per heavy atom. The monoisotopic (exact) mass is 305 g/mol. The van der Waals surface area contributed by atoms with Crippen molar-refractivity contribution in [3.8, 4) is 0 Å². The number of nitrogens with one attached hydrogen (secondary N) is 1. The largest absolute Gasteiger partial charge is 0.397 e. The van der Waals surface area contributed by atoms with Gasteiger partial charge in [0.2, 0.25) is 0 Å². The minimum Gasteiger partial charge on any atom is -0.397 e. The van der Waals surface area contributed by atoms with E-state index in [4.69, 9.17) is 11.5 Å². The highest BCUT2D eigenvalue weighted by atomic mass is 32.1. The topological polar surface area (TPSA) is 98.2 Å². The van der Waals surface area contributed by atoms with Crippen LogP contribution in [0.15, 0.2) is 0 Å². The third-order valence-corrected chi connectivity index (χ3v) is 6.78. The number of carbonyl (C=O) groups excluding carboxylic acids is 2. The van der Waals surface area contributed by atoms with Crippen molar-refractivity contribution in [1.82, 2.24) is 0 Å². The summed E-state index contributed by atoms with van der Waals surface area (Å²) >= 11 is 1.27. The summed E-state index contributed by atoms with van der Waals surface area (Å²) < 4.78 is 0. The normalized spacial score (nSPS) is 35.6. The fraction of sp³-hybridized carbons (Fsp3) is 0.600. The molecule has 4 unspecified atom stereocenters. The van der Waals surface area contributed by atoms with Crippen LogP contribution in [0.1, 0.15) is 46.2 Å². The first-order chi connectivity index (χ1) is 9.99. The minimum atomic E-state index is -0.562. The van der Waals surface area contributed by atoms with Crippen LogP contribution in [0.4, 0.5) is 10.7 Å². The molecule has 0 aromatic carbocycles. The number of ketones is 1. The second-order valence-corrected chi connectivity index (χ2v) is 7.65. The number of nitrogen functional groups attached to an aromatic ring is 1. The van der Waals surface area contributed by atoms with Gasteiger partial charge in [0.15, 0.2) is 5.78 Å². The van der Waals surface area contributed by atoms with Gasteiger partial charge in [-0.2, -0.15) is 0 Å². The molecular weight excluding hydrogens is 286 g/mol. The highest BCUT2D eigenvalue weighted by Crippen LogP contribution is 2.66. The van der Waals surface area contributed by atoms with Crippen LogP contribution in [0.3, 0.4) is 0 Å². The molecule has 112 valence electrons. The van der Waals surface area contributed by atoms with Crippen molar-refractivity contribution in [2.45, 2.75) is 32.2 Å². The molecule has 1 amide bonds. The zero-order valence-corrected chi connectivity index (χ0v) is 12.7. The van der Waals surface area contributed by atoms with Gasteiger partial charge in [-0.1, -0.05) is 0 Å². The minimum absolute atomic E-state index is 0.121. The smallest absolute Gasteiger partial charge is 0.253 e. The van der Waals surface area contributed by atoms with Crippen molar-refractivity contribution < 1.29 is 9.59 Å². The fourth-order valence-corrected chi connectivity index (χ4v) is 5.79. The van der Waals surface area contributed by atoms with E-state index in [0.717, 1.165) is 23.7 Å². The van der Waals surface area contributed by atoms with Gasteiger partial charge in [0, 0.05) is 13.0 Å². The number of thiophene rings is 1. The first kappa shape index (κ1) is 13.1. The second-order valence-electron chi connectivity index (χ2n) is 6.63. The zero-order valence-electron chi connectivity index (χ0n) is 11.9. The number of rotatable bonds is 4. The fourth-order valence-electron chi connectivity index (χ4n) is 4.72. The van der Waals surface area contributed by atoms with E-state index >= 15 is 0 Å². The summed E-state index contributed by atoms with van der Waals surface area (Å²) in [5, 5.41) is 4.15. The van der Waals surface area contributed by atoms with Gasteiger partial charge in [0.25, 0.3) is 5.91 Å². The van der Waals surface area contributed by atoms with Crippen molar-refractivity contribution in [2.75, 3.05) is 11.1 Å². The lowest BCUT2D eigenvalue weighted by Gasteiger charge is -2.11. The van der Waals surface area contributed by atoms with Crippen LogP contribution in [-0.4, -0.2) is 17.7 Å². The van der Waals surface area contributed by atoms with Crippen LogP contribution in [-0.2, 0) is 0 Å². The molecule has 0 radical (unpaired) electrons. The van der Waals surface area contributed by atoms with Crippen LogP contribution >= 0.6 is 11.3 Å². The lowest BCUT2D eigenvalue weighted by molar-refractivity contribution is 0.100. The molecule has 6 heteroatoms. The number of Topliss-reactive ketones (excluding diaryl/α,β-unsaturated/α-hetero) is 1. The summed E-state index contributed by atoms with van der Waals surface area (Å²) in [5.74, 6) is 2.50. The van der Waals surface area contributed by atoms with Crippen LogP contribution in [0.25, 0.3) is 0 Å². The number of nitrogens with two attached hydrogens (primary N) is 2. The average molecular weight is 305 g/mol. The number of fused-ring (bicyclic) bond motifs is 5. The van der Waals surface area contributed by atoms with Crippen molar-refractivity contribution in [1.29, 1.82) is 0 Å². The number of hydrogen-bond acceptors (Lipinski definition) is 5. The molecule has 21 heavy (non-hydrogen) atoms. The molecule has 3 aliphatic rings. The van der Waals surface area contributed by atoms with E-state index in [1.807, 2.05) is 0 Å². The number of primary amides is 1. The van der Waals surface area contributed by atoms with Crippen LogP contribution in [0.5, 0.6) is 0 Å². The van der Waals surface area contributed by atoms with E-state index < -0.39 is 5.91 Å². The molecule has 1 aromatic heterocycles. The third-order valence-electron chi connectivity index (χ3n) is 5.54. The SMILES string of the molecule is CC(=O)c1sc(NC2C3C4CCC(C4)C23)c(C(N)=O)c1N. The maximum atomic E-state index is 11.7. The molecule has 5 nitrogen and oxygen atoms in total. The van der Waals surface area contributed by atoms with E-state index in [1.165, 1.54) is 37.5 Å². The van der Waals surface area contributed by atoms with Crippen LogP contribution < -0.4 is 16.8 Å². The molecule has 4 rings (SSSR count). The maximum absolute atomic E-state index is 11.7. The van der Waals surface area contributed by atoms with Crippen LogP contribution in [0.2, 0.25) is 0 Å². The van der Waals surface area contributed by atoms with Crippen LogP contribution in [0, 0.1) is 23.7 Å². The van der Waals surface area contributed by atoms with Gasteiger partial charge in [0.05, 0.1) is 16.1 Å². The first-order valence-electron chi connectivity index (χ1n) is 7.48. The second kappa shape index (κ2) is 4.22. The lowest BCUT2D eigenvalue weighted by atomic mass is 10.0. The van der Waals surface area contributed by atoms with Crippen molar-refractivity contribution >= 4 is 33.7 Å². The molecule has 2 bridgehead atoms. The van der Waals surface area contributed by atoms with E-state index in [1.54, 1.807) is 0 Å². The van der Waals surface area contributed by atoms with Gasteiger partial charge in [-0.3, -0.25) is 9.59 Å². The highest BCUT2D eigenvalue weighted by Gasteiger charge is 2.65. The number of hydrogen-bond donors (Lipinski definition) is 3. The molecule has 3 fully saturated rings. The quantitative estimate of drug-likeness (QED) is 0.742.